The van der Waals surface area contributed by atoms with Gasteiger partial charge in [0.2, 0.25) is 0 Å². The van der Waals surface area contributed by atoms with E-state index in [-0.39, 0.29) is 6.23 Å². The van der Waals surface area contributed by atoms with Crippen LogP contribution in [0.15, 0.2) is 24.3 Å². The molecule has 0 amide bonds. The highest BCUT2D eigenvalue weighted by atomic mass is 35.5. The third-order valence-corrected chi connectivity index (χ3v) is 2.05. The summed E-state index contributed by atoms with van der Waals surface area (Å²) in [6.07, 6.45) is 0.566. The summed E-state index contributed by atoms with van der Waals surface area (Å²) in [5, 5.41) is 0. The molecule has 0 spiro atoms. The van der Waals surface area contributed by atoms with Crippen molar-refractivity contribution in [3.05, 3.63) is 29.8 Å². The number of hydrogen-bond acceptors (Lipinski definition) is 2. The van der Waals surface area contributed by atoms with Gasteiger partial charge in [0, 0.05) is 5.88 Å². The van der Waals surface area contributed by atoms with E-state index >= 15 is 0 Å². The number of rotatable bonds is 4. The summed E-state index contributed by atoms with van der Waals surface area (Å²) in [5.41, 5.74) is 6.69. The van der Waals surface area contributed by atoms with Crippen molar-refractivity contribution in [2.45, 2.75) is 25.5 Å². The number of ether oxygens (including phenoxy) is 1. The van der Waals surface area contributed by atoms with Gasteiger partial charge in [-0.3, -0.25) is 5.73 Å². The molecule has 1 aromatic carbocycles. The minimum absolute atomic E-state index is 0.231. The lowest BCUT2D eigenvalue weighted by molar-refractivity contribution is 0.205. The third-order valence-electron chi connectivity index (χ3n) is 1.74. The summed E-state index contributed by atoms with van der Waals surface area (Å²) >= 11 is 5.68. The molecule has 0 aliphatic heterocycles. The van der Waals surface area contributed by atoms with Crippen molar-refractivity contribution in [2.24, 2.45) is 5.73 Å². The van der Waals surface area contributed by atoms with Gasteiger partial charge in [-0.25, -0.2) is 0 Å². The Morgan fingerprint density at radius 2 is 2.31 bits per heavy atom. The molecule has 0 fully saturated rings. The van der Waals surface area contributed by atoms with E-state index in [1.807, 2.05) is 31.2 Å². The molecule has 0 bridgehead atoms. The first kappa shape index (κ1) is 10.4. The Kier molecular flexibility index (Phi) is 4.06. The minimum Gasteiger partial charge on any atom is -0.476 e. The quantitative estimate of drug-likeness (QED) is 0.598. The summed E-state index contributed by atoms with van der Waals surface area (Å²) in [6.45, 7) is 1.98. The highest BCUT2D eigenvalue weighted by Crippen LogP contribution is 2.15. The van der Waals surface area contributed by atoms with Crippen LogP contribution in [-0.4, -0.2) is 6.23 Å². The van der Waals surface area contributed by atoms with Crippen LogP contribution in [0.2, 0.25) is 0 Å². The lowest BCUT2D eigenvalue weighted by atomic mass is 10.2. The Bertz CT molecular complexity index is 265. The maximum absolute atomic E-state index is 5.68. The number of halogens is 1. The highest BCUT2D eigenvalue weighted by molar-refractivity contribution is 6.17. The van der Waals surface area contributed by atoms with Gasteiger partial charge in [-0.2, -0.15) is 0 Å². The molecule has 13 heavy (non-hydrogen) atoms. The Balaban J connectivity index is 2.66. The lowest BCUT2D eigenvalue weighted by Gasteiger charge is -2.12. The van der Waals surface area contributed by atoms with Gasteiger partial charge in [-0.05, 0) is 24.1 Å². The van der Waals surface area contributed by atoms with E-state index in [0.29, 0.717) is 5.88 Å². The molecule has 0 saturated heterocycles. The van der Waals surface area contributed by atoms with E-state index in [0.717, 1.165) is 17.7 Å². The van der Waals surface area contributed by atoms with E-state index in [2.05, 4.69) is 0 Å². The van der Waals surface area contributed by atoms with Gasteiger partial charge >= 0.3 is 0 Å². The molecule has 72 valence electrons. The summed E-state index contributed by atoms with van der Waals surface area (Å²) in [6, 6.07) is 7.65. The molecule has 2 nitrogen and oxygen atoms in total. The van der Waals surface area contributed by atoms with Gasteiger partial charge in [-0.1, -0.05) is 19.1 Å². The van der Waals surface area contributed by atoms with E-state index < -0.39 is 0 Å². The van der Waals surface area contributed by atoms with Crippen LogP contribution in [0.5, 0.6) is 5.75 Å². The molecule has 1 unspecified atom stereocenters. The zero-order chi connectivity index (χ0) is 9.68. The lowest BCUT2D eigenvalue weighted by Crippen LogP contribution is -2.25. The van der Waals surface area contributed by atoms with Crippen LogP contribution < -0.4 is 10.5 Å². The zero-order valence-corrected chi connectivity index (χ0v) is 8.42. The van der Waals surface area contributed by atoms with Crippen LogP contribution in [0.25, 0.3) is 0 Å². The van der Waals surface area contributed by atoms with E-state index in [4.69, 9.17) is 22.1 Å². The third kappa shape index (κ3) is 3.25. The molecule has 3 heteroatoms. The number of benzene rings is 1. The van der Waals surface area contributed by atoms with Gasteiger partial charge < -0.3 is 4.74 Å². The maximum Gasteiger partial charge on any atom is 0.147 e. The fourth-order valence-corrected chi connectivity index (χ4v) is 1.13. The molecule has 0 aliphatic rings. The summed E-state index contributed by atoms with van der Waals surface area (Å²) in [7, 11) is 0. The molecule has 0 saturated carbocycles. The predicted molar refractivity (Wildman–Crippen MR) is 54.9 cm³/mol. The first-order valence-electron chi connectivity index (χ1n) is 4.33. The normalized spacial score (nSPS) is 12.5. The van der Waals surface area contributed by atoms with Crippen LogP contribution >= 0.6 is 11.6 Å². The summed E-state index contributed by atoms with van der Waals surface area (Å²) in [5.74, 6) is 1.28. The molecule has 2 N–H and O–H groups in total. The molecule has 1 atom stereocenters. The standard InChI is InChI=1S/C10H14ClNO/c1-2-10(12)13-9-5-3-4-8(6-9)7-11/h3-6,10H,2,7,12H2,1H3. The molecular weight excluding hydrogens is 186 g/mol. The number of hydrogen-bond donors (Lipinski definition) is 1. The topological polar surface area (TPSA) is 35.2 Å². The Labute approximate surface area is 83.6 Å². The highest BCUT2D eigenvalue weighted by Gasteiger charge is 2.01. The van der Waals surface area contributed by atoms with Crippen LogP contribution in [0.1, 0.15) is 18.9 Å². The van der Waals surface area contributed by atoms with Gasteiger partial charge in [0.05, 0.1) is 0 Å². The molecule has 0 aliphatic carbocycles. The second-order valence-electron chi connectivity index (χ2n) is 2.85. The van der Waals surface area contributed by atoms with Gasteiger partial charge in [0.1, 0.15) is 12.0 Å². The number of alkyl halides is 1. The molecule has 1 aromatic rings. The van der Waals surface area contributed by atoms with E-state index in [1.54, 1.807) is 0 Å². The SMILES string of the molecule is CCC(N)Oc1cccc(CCl)c1. The van der Waals surface area contributed by atoms with Crippen molar-refractivity contribution in [1.82, 2.24) is 0 Å². The van der Waals surface area contributed by atoms with Crippen LogP contribution in [0, 0.1) is 0 Å². The molecule has 1 rings (SSSR count). The van der Waals surface area contributed by atoms with Crippen molar-refractivity contribution in [1.29, 1.82) is 0 Å². The van der Waals surface area contributed by atoms with Crippen molar-refractivity contribution in [3.63, 3.8) is 0 Å². The van der Waals surface area contributed by atoms with Crippen molar-refractivity contribution in [2.75, 3.05) is 0 Å². The fraction of sp³-hybridized carbons (Fsp3) is 0.400. The number of nitrogens with two attached hydrogens (primary N) is 1. The average molecular weight is 200 g/mol. The Morgan fingerprint density at radius 3 is 2.92 bits per heavy atom. The molecule has 0 radical (unpaired) electrons. The van der Waals surface area contributed by atoms with E-state index in [9.17, 15) is 0 Å². The molecule has 0 heterocycles. The monoisotopic (exact) mass is 199 g/mol. The smallest absolute Gasteiger partial charge is 0.147 e. The Morgan fingerprint density at radius 1 is 1.54 bits per heavy atom. The van der Waals surface area contributed by atoms with Crippen molar-refractivity contribution >= 4 is 11.6 Å². The van der Waals surface area contributed by atoms with Gasteiger partial charge in [-0.15, -0.1) is 11.6 Å². The van der Waals surface area contributed by atoms with Crippen molar-refractivity contribution < 1.29 is 4.74 Å². The summed E-state index contributed by atoms with van der Waals surface area (Å²) < 4.78 is 5.43. The minimum atomic E-state index is -0.231. The second-order valence-corrected chi connectivity index (χ2v) is 3.11. The largest absolute Gasteiger partial charge is 0.476 e. The second kappa shape index (κ2) is 5.10. The van der Waals surface area contributed by atoms with Crippen LogP contribution in [0.3, 0.4) is 0 Å². The Hall–Kier alpha value is -0.730. The fourth-order valence-electron chi connectivity index (χ4n) is 0.960. The maximum atomic E-state index is 5.68. The predicted octanol–water partition coefficient (Wildman–Crippen LogP) is 2.50. The van der Waals surface area contributed by atoms with Gasteiger partial charge in [0.25, 0.3) is 0 Å². The zero-order valence-electron chi connectivity index (χ0n) is 7.66. The van der Waals surface area contributed by atoms with Crippen molar-refractivity contribution in [3.8, 4) is 5.75 Å². The average Bonchev–Trinajstić information content (AvgIpc) is 2.18. The molecular formula is C10H14ClNO. The van der Waals surface area contributed by atoms with Gasteiger partial charge in [0.15, 0.2) is 0 Å². The van der Waals surface area contributed by atoms with Crippen LogP contribution in [0.4, 0.5) is 0 Å². The molecule has 0 aromatic heterocycles. The van der Waals surface area contributed by atoms with E-state index in [1.165, 1.54) is 0 Å². The summed E-state index contributed by atoms with van der Waals surface area (Å²) in [4.78, 5) is 0. The van der Waals surface area contributed by atoms with Crippen LogP contribution in [-0.2, 0) is 5.88 Å². The first-order valence-corrected chi connectivity index (χ1v) is 4.87. The first-order chi connectivity index (χ1) is 6.26.